The molecule has 2 heterocycles. The van der Waals surface area contributed by atoms with Gasteiger partial charge in [0.1, 0.15) is 17.2 Å². The monoisotopic (exact) mass is 236 g/mol. The number of hydrogen-bond acceptors (Lipinski definition) is 3. The van der Waals surface area contributed by atoms with Crippen LogP contribution in [-0.2, 0) is 5.60 Å². The Hall–Kier alpha value is -1.88. The van der Waals surface area contributed by atoms with Gasteiger partial charge in [-0.05, 0) is 19.1 Å². The van der Waals surface area contributed by atoms with Gasteiger partial charge < -0.3 is 5.11 Å². The van der Waals surface area contributed by atoms with Crippen LogP contribution >= 0.6 is 0 Å². The Morgan fingerprint density at radius 3 is 1.71 bits per heavy atom. The maximum Gasteiger partial charge on any atom is 0.141 e. The first-order valence-electron chi connectivity index (χ1n) is 4.94. The Morgan fingerprint density at radius 1 is 0.941 bits per heavy atom. The summed E-state index contributed by atoms with van der Waals surface area (Å²) >= 11 is 0. The van der Waals surface area contributed by atoms with E-state index in [1.54, 1.807) is 0 Å². The summed E-state index contributed by atoms with van der Waals surface area (Å²) in [5.74, 6) is -1.13. The van der Waals surface area contributed by atoms with E-state index in [4.69, 9.17) is 0 Å². The molecule has 5 heteroatoms. The van der Waals surface area contributed by atoms with Crippen molar-refractivity contribution in [2.24, 2.45) is 0 Å². The fourth-order valence-electron chi connectivity index (χ4n) is 1.52. The van der Waals surface area contributed by atoms with E-state index >= 15 is 0 Å². The van der Waals surface area contributed by atoms with Crippen LogP contribution in [0.25, 0.3) is 0 Å². The summed E-state index contributed by atoms with van der Waals surface area (Å²) < 4.78 is 26.1. The van der Waals surface area contributed by atoms with Crippen molar-refractivity contribution in [3.63, 3.8) is 0 Å². The molecule has 0 atom stereocenters. The van der Waals surface area contributed by atoms with Crippen molar-refractivity contribution in [1.82, 2.24) is 9.97 Å². The molecule has 0 aliphatic heterocycles. The molecule has 88 valence electrons. The van der Waals surface area contributed by atoms with E-state index in [0.717, 1.165) is 24.5 Å². The molecule has 0 spiro atoms. The molecule has 0 fully saturated rings. The van der Waals surface area contributed by atoms with Crippen LogP contribution in [0, 0.1) is 11.6 Å². The van der Waals surface area contributed by atoms with Gasteiger partial charge in [0.25, 0.3) is 0 Å². The predicted octanol–water partition coefficient (Wildman–Crippen LogP) is 2.01. The van der Waals surface area contributed by atoms with E-state index in [1.807, 2.05) is 0 Å². The Bertz CT molecular complexity index is 496. The van der Waals surface area contributed by atoms with Crippen molar-refractivity contribution in [3.05, 3.63) is 59.7 Å². The van der Waals surface area contributed by atoms with E-state index in [0.29, 0.717) is 0 Å². The first-order valence-corrected chi connectivity index (χ1v) is 4.94. The lowest BCUT2D eigenvalue weighted by molar-refractivity contribution is 0.101. The average Bonchev–Trinajstić information content (AvgIpc) is 2.29. The van der Waals surface area contributed by atoms with E-state index < -0.39 is 17.2 Å². The van der Waals surface area contributed by atoms with Gasteiger partial charge in [-0.3, -0.25) is 9.97 Å². The molecular weight excluding hydrogens is 226 g/mol. The number of halogens is 2. The van der Waals surface area contributed by atoms with Gasteiger partial charge in [0.15, 0.2) is 0 Å². The quantitative estimate of drug-likeness (QED) is 0.867. The van der Waals surface area contributed by atoms with Crippen LogP contribution in [0.4, 0.5) is 8.78 Å². The Morgan fingerprint density at radius 2 is 1.35 bits per heavy atom. The lowest BCUT2D eigenvalue weighted by Crippen LogP contribution is -2.23. The number of pyridine rings is 2. The third-order valence-electron chi connectivity index (χ3n) is 2.53. The number of rotatable bonds is 2. The second-order valence-corrected chi connectivity index (χ2v) is 3.86. The normalized spacial score (nSPS) is 11.5. The maximum absolute atomic E-state index is 13.0. The molecular formula is C12H10F2N2O. The SMILES string of the molecule is CC(O)(c1cncc(F)c1)c1cncc(F)c1. The molecule has 0 aliphatic carbocycles. The zero-order valence-corrected chi connectivity index (χ0v) is 9.06. The first kappa shape index (κ1) is 11.6. The second kappa shape index (κ2) is 4.18. The van der Waals surface area contributed by atoms with Gasteiger partial charge in [-0.15, -0.1) is 0 Å². The lowest BCUT2D eigenvalue weighted by Gasteiger charge is -2.23. The minimum atomic E-state index is -1.54. The molecule has 0 radical (unpaired) electrons. The summed E-state index contributed by atoms with van der Waals surface area (Å²) in [7, 11) is 0. The van der Waals surface area contributed by atoms with Crippen LogP contribution in [0.5, 0.6) is 0 Å². The van der Waals surface area contributed by atoms with Crippen LogP contribution < -0.4 is 0 Å². The highest BCUT2D eigenvalue weighted by Gasteiger charge is 2.27. The summed E-state index contributed by atoms with van der Waals surface area (Å²) in [6, 6.07) is 2.30. The molecule has 17 heavy (non-hydrogen) atoms. The van der Waals surface area contributed by atoms with Gasteiger partial charge in [0, 0.05) is 23.5 Å². The molecule has 0 saturated heterocycles. The Balaban J connectivity index is 2.49. The van der Waals surface area contributed by atoms with Gasteiger partial charge in [-0.2, -0.15) is 0 Å². The zero-order valence-electron chi connectivity index (χ0n) is 9.06. The summed E-state index contributed by atoms with van der Waals surface area (Å²) in [6.07, 6.45) is 4.72. The maximum atomic E-state index is 13.0. The highest BCUT2D eigenvalue weighted by Crippen LogP contribution is 2.28. The summed E-state index contributed by atoms with van der Waals surface area (Å²) in [5.41, 5.74) is -1.06. The first-order chi connectivity index (χ1) is 8.00. The molecule has 3 nitrogen and oxygen atoms in total. The van der Waals surface area contributed by atoms with Crippen LogP contribution in [0.15, 0.2) is 36.9 Å². The second-order valence-electron chi connectivity index (χ2n) is 3.86. The molecule has 0 saturated carbocycles. The molecule has 2 rings (SSSR count). The van der Waals surface area contributed by atoms with Gasteiger partial charge in [-0.25, -0.2) is 8.78 Å². The largest absolute Gasteiger partial charge is 0.381 e. The van der Waals surface area contributed by atoms with Crippen LogP contribution in [0.1, 0.15) is 18.1 Å². The van der Waals surface area contributed by atoms with Crippen LogP contribution in [0.2, 0.25) is 0 Å². The third-order valence-corrected chi connectivity index (χ3v) is 2.53. The van der Waals surface area contributed by atoms with Gasteiger partial charge in [-0.1, -0.05) is 0 Å². The summed E-state index contributed by atoms with van der Waals surface area (Å²) in [5, 5.41) is 10.3. The van der Waals surface area contributed by atoms with Gasteiger partial charge in [0.2, 0.25) is 0 Å². The van der Waals surface area contributed by atoms with E-state index in [9.17, 15) is 13.9 Å². The molecule has 0 aromatic carbocycles. The molecule has 0 amide bonds. The van der Waals surface area contributed by atoms with E-state index in [1.165, 1.54) is 19.3 Å². The van der Waals surface area contributed by atoms with Crippen LogP contribution in [-0.4, -0.2) is 15.1 Å². The highest BCUT2D eigenvalue weighted by atomic mass is 19.1. The van der Waals surface area contributed by atoms with Gasteiger partial charge >= 0.3 is 0 Å². The van der Waals surface area contributed by atoms with Crippen molar-refractivity contribution in [3.8, 4) is 0 Å². The van der Waals surface area contributed by atoms with E-state index in [2.05, 4.69) is 9.97 Å². The number of nitrogens with zero attached hydrogens (tertiary/aromatic N) is 2. The molecule has 1 N–H and O–H groups in total. The molecule has 0 aliphatic rings. The summed E-state index contributed by atoms with van der Waals surface area (Å²) in [4.78, 5) is 7.30. The molecule has 2 aromatic rings. The van der Waals surface area contributed by atoms with Crippen molar-refractivity contribution in [1.29, 1.82) is 0 Å². The lowest BCUT2D eigenvalue weighted by atomic mass is 9.90. The van der Waals surface area contributed by atoms with Crippen LogP contribution in [0.3, 0.4) is 0 Å². The number of aromatic nitrogens is 2. The topological polar surface area (TPSA) is 46.0 Å². The van der Waals surface area contributed by atoms with Crippen molar-refractivity contribution >= 4 is 0 Å². The standard InChI is InChI=1S/C12H10F2N2O/c1-12(17,8-2-10(13)6-15-4-8)9-3-11(14)7-16-5-9/h2-7,17H,1H3. The highest BCUT2D eigenvalue weighted by molar-refractivity contribution is 5.32. The molecule has 2 aromatic heterocycles. The smallest absolute Gasteiger partial charge is 0.141 e. The minimum absolute atomic E-state index is 0.241. The molecule has 0 unspecified atom stereocenters. The minimum Gasteiger partial charge on any atom is -0.381 e. The van der Waals surface area contributed by atoms with Crippen molar-refractivity contribution in [2.75, 3.05) is 0 Å². The third kappa shape index (κ3) is 2.29. The Labute approximate surface area is 96.8 Å². The van der Waals surface area contributed by atoms with E-state index in [-0.39, 0.29) is 11.1 Å². The fourth-order valence-corrected chi connectivity index (χ4v) is 1.52. The van der Waals surface area contributed by atoms with Crippen molar-refractivity contribution < 1.29 is 13.9 Å². The number of aliphatic hydroxyl groups is 1. The Kier molecular flexibility index (Phi) is 2.85. The summed E-state index contributed by atoms with van der Waals surface area (Å²) in [6.45, 7) is 1.43. The molecule has 0 bridgehead atoms. The zero-order chi connectivity index (χ0) is 12.5. The fraction of sp³-hybridized carbons (Fsp3) is 0.167. The van der Waals surface area contributed by atoms with Gasteiger partial charge in [0.05, 0.1) is 12.4 Å². The average molecular weight is 236 g/mol. The predicted molar refractivity (Wildman–Crippen MR) is 57.1 cm³/mol. The number of hydrogen-bond donors (Lipinski definition) is 1. The van der Waals surface area contributed by atoms with Crippen molar-refractivity contribution in [2.45, 2.75) is 12.5 Å².